The van der Waals surface area contributed by atoms with Gasteiger partial charge in [-0.3, -0.25) is 4.79 Å². The van der Waals surface area contributed by atoms with Crippen molar-refractivity contribution in [3.05, 3.63) is 21.9 Å². The summed E-state index contributed by atoms with van der Waals surface area (Å²) in [5, 5.41) is 10.6. The predicted octanol–water partition coefficient (Wildman–Crippen LogP) is 1.57. The van der Waals surface area contributed by atoms with E-state index in [-0.39, 0.29) is 12.3 Å². The number of aryl methyl sites for hydroxylation is 1. The summed E-state index contributed by atoms with van der Waals surface area (Å²) in [7, 11) is 0. The first kappa shape index (κ1) is 10.2. The van der Waals surface area contributed by atoms with Gasteiger partial charge in [0.05, 0.1) is 6.42 Å². The zero-order valence-electron chi connectivity index (χ0n) is 7.49. The van der Waals surface area contributed by atoms with Crippen molar-refractivity contribution in [3.8, 4) is 0 Å². The Bertz CT molecular complexity index is 296. The van der Waals surface area contributed by atoms with Crippen LogP contribution in [0.1, 0.15) is 22.8 Å². The minimum atomic E-state index is -0.790. The molecule has 4 heteroatoms. The van der Waals surface area contributed by atoms with Crippen LogP contribution < -0.4 is 5.73 Å². The van der Waals surface area contributed by atoms with Crippen molar-refractivity contribution in [2.24, 2.45) is 5.73 Å². The van der Waals surface area contributed by atoms with Crippen LogP contribution in [0.5, 0.6) is 0 Å². The minimum absolute atomic E-state index is 0.0313. The van der Waals surface area contributed by atoms with E-state index in [0.29, 0.717) is 6.54 Å². The van der Waals surface area contributed by atoms with E-state index in [1.54, 1.807) is 11.3 Å². The molecule has 1 unspecified atom stereocenters. The Hall–Kier alpha value is -0.870. The second-order valence-electron chi connectivity index (χ2n) is 3.06. The third-order valence-electron chi connectivity index (χ3n) is 1.86. The maximum atomic E-state index is 10.5. The molecular formula is C9H13NO2S. The molecule has 1 aromatic heterocycles. The highest BCUT2D eigenvalue weighted by Gasteiger charge is 2.15. The molecule has 0 aliphatic carbocycles. The van der Waals surface area contributed by atoms with Crippen LogP contribution in [0.25, 0.3) is 0 Å². The Balaban J connectivity index is 2.72. The Morgan fingerprint density at radius 1 is 1.77 bits per heavy atom. The van der Waals surface area contributed by atoms with Gasteiger partial charge in [0.2, 0.25) is 0 Å². The highest BCUT2D eigenvalue weighted by atomic mass is 32.1. The summed E-state index contributed by atoms with van der Waals surface area (Å²) in [6.07, 6.45) is 0.121. The van der Waals surface area contributed by atoms with E-state index < -0.39 is 5.97 Å². The number of carbonyl (C=O) groups is 1. The molecule has 1 atom stereocenters. The van der Waals surface area contributed by atoms with Gasteiger partial charge in [0.1, 0.15) is 0 Å². The summed E-state index contributed by atoms with van der Waals surface area (Å²) >= 11 is 1.58. The molecule has 1 heterocycles. The molecule has 72 valence electrons. The lowest BCUT2D eigenvalue weighted by atomic mass is 10.0. The molecule has 0 aliphatic rings. The van der Waals surface area contributed by atoms with E-state index in [2.05, 4.69) is 0 Å². The van der Waals surface area contributed by atoms with Gasteiger partial charge in [-0.2, -0.15) is 0 Å². The minimum Gasteiger partial charge on any atom is -0.481 e. The topological polar surface area (TPSA) is 63.3 Å². The van der Waals surface area contributed by atoms with E-state index >= 15 is 0 Å². The SMILES string of the molecule is Cc1csc(C(CN)CC(=O)O)c1. The standard InChI is InChI=1S/C9H13NO2S/c1-6-2-8(13-5-6)7(4-10)3-9(11)12/h2,5,7H,3-4,10H2,1H3,(H,11,12). The molecule has 0 aliphatic heterocycles. The first-order chi connectivity index (χ1) is 6.13. The van der Waals surface area contributed by atoms with Crippen molar-refractivity contribution in [2.75, 3.05) is 6.54 Å². The molecule has 13 heavy (non-hydrogen) atoms. The van der Waals surface area contributed by atoms with Crippen LogP contribution in [0.3, 0.4) is 0 Å². The van der Waals surface area contributed by atoms with Crippen LogP contribution in [0.15, 0.2) is 11.4 Å². The van der Waals surface area contributed by atoms with Gasteiger partial charge >= 0.3 is 5.97 Å². The van der Waals surface area contributed by atoms with Gasteiger partial charge in [-0.1, -0.05) is 0 Å². The van der Waals surface area contributed by atoms with Crippen LogP contribution in [0.2, 0.25) is 0 Å². The van der Waals surface area contributed by atoms with Gasteiger partial charge < -0.3 is 10.8 Å². The average Bonchev–Trinajstić information content (AvgIpc) is 2.47. The molecule has 0 saturated carbocycles. The Morgan fingerprint density at radius 2 is 2.46 bits per heavy atom. The zero-order valence-corrected chi connectivity index (χ0v) is 8.30. The number of carboxylic acid groups (broad SMARTS) is 1. The number of carboxylic acids is 1. The van der Waals surface area contributed by atoms with Crippen molar-refractivity contribution >= 4 is 17.3 Å². The number of aliphatic carboxylic acids is 1. The molecule has 0 amide bonds. The van der Waals surface area contributed by atoms with E-state index in [1.807, 2.05) is 18.4 Å². The molecule has 0 bridgehead atoms. The monoisotopic (exact) mass is 199 g/mol. The fraction of sp³-hybridized carbons (Fsp3) is 0.444. The van der Waals surface area contributed by atoms with Gasteiger partial charge in [-0.15, -0.1) is 11.3 Å². The molecule has 3 nitrogen and oxygen atoms in total. The quantitative estimate of drug-likeness (QED) is 0.773. The van der Waals surface area contributed by atoms with Crippen molar-refractivity contribution in [2.45, 2.75) is 19.3 Å². The third-order valence-corrected chi connectivity index (χ3v) is 3.07. The summed E-state index contributed by atoms with van der Waals surface area (Å²) in [4.78, 5) is 11.6. The molecule has 0 fully saturated rings. The van der Waals surface area contributed by atoms with E-state index in [0.717, 1.165) is 4.88 Å². The maximum absolute atomic E-state index is 10.5. The third kappa shape index (κ3) is 2.82. The van der Waals surface area contributed by atoms with Gasteiger partial charge in [-0.05, 0) is 23.9 Å². The van der Waals surface area contributed by atoms with Crippen LogP contribution >= 0.6 is 11.3 Å². The van der Waals surface area contributed by atoms with Crippen LogP contribution in [-0.4, -0.2) is 17.6 Å². The molecule has 0 saturated heterocycles. The number of thiophene rings is 1. The molecule has 1 rings (SSSR count). The Morgan fingerprint density at radius 3 is 2.85 bits per heavy atom. The number of nitrogens with two attached hydrogens (primary N) is 1. The lowest BCUT2D eigenvalue weighted by Gasteiger charge is -2.08. The van der Waals surface area contributed by atoms with Crippen molar-refractivity contribution in [1.82, 2.24) is 0 Å². The van der Waals surface area contributed by atoms with Gasteiger partial charge in [0.15, 0.2) is 0 Å². The maximum Gasteiger partial charge on any atom is 0.304 e. The highest BCUT2D eigenvalue weighted by molar-refractivity contribution is 7.10. The molecule has 3 N–H and O–H groups in total. The van der Waals surface area contributed by atoms with Crippen molar-refractivity contribution in [1.29, 1.82) is 0 Å². The lowest BCUT2D eigenvalue weighted by Crippen LogP contribution is -2.15. The summed E-state index contributed by atoms with van der Waals surface area (Å²) in [6, 6.07) is 2.01. The second-order valence-corrected chi connectivity index (χ2v) is 4.00. The van der Waals surface area contributed by atoms with E-state index in [9.17, 15) is 4.79 Å². The average molecular weight is 199 g/mol. The van der Waals surface area contributed by atoms with Gasteiger partial charge in [0, 0.05) is 17.3 Å². The van der Waals surface area contributed by atoms with Crippen LogP contribution in [0.4, 0.5) is 0 Å². The molecular weight excluding hydrogens is 186 g/mol. The highest BCUT2D eigenvalue weighted by Crippen LogP contribution is 2.25. The first-order valence-electron chi connectivity index (χ1n) is 4.10. The number of hydrogen-bond acceptors (Lipinski definition) is 3. The normalized spacial score (nSPS) is 12.8. The molecule has 0 aromatic carbocycles. The number of hydrogen-bond donors (Lipinski definition) is 2. The summed E-state index contributed by atoms with van der Waals surface area (Å²) in [6.45, 7) is 2.39. The molecule has 0 spiro atoms. The fourth-order valence-electron chi connectivity index (χ4n) is 1.18. The smallest absolute Gasteiger partial charge is 0.304 e. The largest absolute Gasteiger partial charge is 0.481 e. The molecule has 1 aromatic rings. The first-order valence-corrected chi connectivity index (χ1v) is 4.98. The lowest BCUT2D eigenvalue weighted by molar-refractivity contribution is -0.137. The summed E-state index contributed by atoms with van der Waals surface area (Å²) in [5.74, 6) is -0.822. The second kappa shape index (κ2) is 4.39. The van der Waals surface area contributed by atoms with Gasteiger partial charge in [0.25, 0.3) is 0 Å². The van der Waals surface area contributed by atoms with Crippen LogP contribution in [-0.2, 0) is 4.79 Å². The predicted molar refractivity (Wildman–Crippen MR) is 53.1 cm³/mol. The van der Waals surface area contributed by atoms with Crippen LogP contribution in [0, 0.1) is 6.92 Å². The van der Waals surface area contributed by atoms with Crippen molar-refractivity contribution < 1.29 is 9.90 Å². The fourth-order valence-corrected chi connectivity index (χ4v) is 2.19. The van der Waals surface area contributed by atoms with E-state index in [4.69, 9.17) is 10.8 Å². The Kier molecular flexibility index (Phi) is 3.45. The number of rotatable bonds is 4. The Labute approximate surface area is 81.2 Å². The molecule has 0 radical (unpaired) electrons. The summed E-state index contributed by atoms with van der Waals surface area (Å²) in [5.41, 5.74) is 6.68. The zero-order chi connectivity index (χ0) is 9.84. The van der Waals surface area contributed by atoms with E-state index in [1.165, 1.54) is 5.56 Å². The van der Waals surface area contributed by atoms with Gasteiger partial charge in [-0.25, -0.2) is 0 Å². The van der Waals surface area contributed by atoms with Crippen molar-refractivity contribution in [3.63, 3.8) is 0 Å². The summed E-state index contributed by atoms with van der Waals surface area (Å²) < 4.78 is 0.